The molecule has 1 saturated heterocycles. The van der Waals surface area contributed by atoms with Crippen molar-refractivity contribution < 1.29 is 39.3 Å². The molecule has 0 bridgehead atoms. The number of carboxylic acid groups (broad SMARTS) is 2. The van der Waals surface area contributed by atoms with E-state index >= 15 is 0 Å². The lowest BCUT2D eigenvalue weighted by atomic mass is 10.0. The van der Waals surface area contributed by atoms with Gasteiger partial charge in [0, 0.05) is 13.0 Å². The fourth-order valence-corrected chi connectivity index (χ4v) is 4.10. The lowest BCUT2D eigenvalue weighted by Gasteiger charge is -2.28. The van der Waals surface area contributed by atoms with E-state index in [1.54, 1.807) is 12.1 Å². The first kappa shape index (κ1) is 28.6. The topological polar surface area (TPSA) is 199 Å². The van der Waals surface area contributed by atoms with Gasteiger partial charge in [-0.2, -0.15) is 0 Å². The summed E-state index contributed by atoms with van der Waals surface area (Å²) in [5.74, 6) is -4.43. The molecule has 1 aliphatic heterocycles. The third kappa shape index (κ3) is 8.22. The zero-order valence-electron chi connectivity index (χ0n) is 20.3. The molecular formula is C24H34N4O8. The molecule has 1 aromatic carbocycles. The number of amides is 3. The molecule has 198 valence electrons. The minimum absolute atomic E-state index is 0.00503. The molecule has 1 heterocycles. The smallest absolute Gasteiger partial charge is 0.326 e. The molecule has 0 saturated carbocycles. The van der Waals surface area contributed by atoms with E-state index in [0.717, 1.165) is 0 Å². The summed E-state index contributed by atoms with van der Waals surface area (Å²) >= 11 is 0. The van der Waals surface area contributed by atoms with Crippen LogP contribution < -0.4 is 16.4 Å². The summed E-state index contributed by atoms with van der Waals surface area (Å²) in [4.78, 5) is 62.7. The number of likely N-dealkylation sites (tertiary alicyclic amines) is 1. The third-order valence-corrected chi connectivity index (χ3v) is 5.88. The predicted molar refractivity (Wildman–Crippen MR) is 128 cm³/mol. The molecule has 3 amide bonds. The van der Waals surface area contributed by atoms with Crippen LogP contribution in [0.4, 0.5) is 0 Å². The number of benzene rings is 1. The van der Waals surface area contributed by atoms with Gasteiger partial charge in [-0.15, -0.1) is 0 Å². The van der Waals surface area contributed by atoms with E-state index in [9.17, 15) is 34.2 Å². The van der Waals surface area contributed by atoms with Crippen LogP contribution in [0.3, 0.4) is 0 Å². The van der Waals surface area contributed by atoms with Crippen LogP contribution >= 0.6 is 0 Å². The van der Waals surface area contributed by atoms with Gasteiger partial charge in [-0.05, 0) is 42.9 Å². The Bertz CT molecular complexity index is 965. The lowest BCUT2D eigenvalue weighted by Crippen LogP contribution is -2.57. The van der Waals surface area contributed by atoms with E-state index < -0.39 is 60.2 Å². The number of carboxylic acids is 2. The van der Waals surface area contributed by atoms with Gasteiger partial charge in [-0.1, -0.05) is 26.0 Å². The van der Waals surface area contributed by atoms with Crippen molar-refractivity contribution in [1.82, 2.24) is 15.5 Å². The average molecular weight is 507 g/mol. The first-order chi connectivity index (χ1) is 16.9. The van der Waals surface area contributed by atoms with Gasteiger partial charge in [-0.25, -0.2) is 4.79 Å². The SMILES string of the molecule is CC(C)CC(NC(=O)C(Cc1ccc(O)cc1)NC(=O)C1CCCN1C(=O)C(N)CC(=O)O)C(=O)O. The molecule has 36 heavy (non-hydrogen) atoms. The number of carbonyl (C=O) groups excluding carboxylic acids is 3. The van der Waals surface area contributed by atoms with Crippen molar-refractivity contribution in [2.24, 2.45) is 11.7 Å². The van der Waals surface area contributed by atoms with Crippen LogP contribution in [0.15, 0.2) is 24.3 Å². The number of nitrogens with zero attached hydrogens (tertiary/aromatic N) is 1. The van der Waals surface area contributed by atoms with Gasteiger partial charge in [0.2, 0.25) is 17.7 Å². The average Bonchev–Trinajstić information content (AvgIpc) is 3.28. The Labute approximate surface area is 208 Å². The molecule has 0 aliphatic carbocycles. The number of rotatable bonds is 12. The van der Waals surface area contributed by atoms with E-state index in [2.05, 4.69) is 10.6 Å². The van der Waals surface area contributed by atoms with Crippen LogP contribution in [0.25, 0.3) is 0 Å². The van der Waals surface area contributed by atoms with E-state index in [1.165, 1.54) is 17.0 Å². The fraction of sp³-hybridized carbons (Fsp3) is 0.542. The molecule has 1 aliphatic rings. The van der Waals surface area contributed by atoms with Gasteiger partial charge < -0.3 is 36.6 Å². The Morgan fingerprint density at radius 2 is 1.69 bits per heavy atom. The van der Waals surface area contributed by atoms with Crippen molar-refractivity contribution in [3.63, 3.8) is 0 Å². The Morgan fingerprint density at radius 1 is 1.06 bits per heavy atom. The molecule has 4 unspecified atom stereocenters. The van der Waals surface area contributed by atoms with Gasteiger partial charge >= 0.3 is 11.9 Å². The number of carbonyl (C=O) groups is 5. The molecule has 0 spiro atoms. The zero-order valence-corrected chi connectivity index (χ0v) is 20.3. The minimum atomic E-state index is -1.31. The fourth-order valence-electron chi connectivity index (χ4n) is 4.10. The number of nitrogens with two attached hydrogens (primary N) is 1. The summed E-state index contributed by atoms with van der Waals surface area (Å²) in [6.45, 7) is 3.85. The van der Waals surface area contributed by atoms with E-state index in [0.29, 0.717) is 18.4 Å². The molecule has 12 nitrogen and oxygen atoms in total. The lowest BCUT2D eigenvalue weighted by molar-refractivity contribution is -0.144. The summed E-state index contributed by atoms with van der Waals surface area (Å²) in [7, 11) is 0. The summed E-state index contributed by atoms with van der Waals surface area (Å²) in [6.07, 6.45) is 0.407. The van der Waals surface area contributed by atoms with Crippen LogP contribution in [-0.4, -0.2) is 80.6 Å². The van der Waals surface area contributed by atoms with Crippen molar-refractivity contribution in [2.75, 3.05) is 6.54 Å². The molecule has 1 aromatic rings. The van der Waals surface area contributed by atoms with Crippen molar-refractivity contribution in [2.45, 2.75) is 70.1 Å². The number of hydrogen-bond acceptors (Lipinski definition) is 7. The van der Waals surface area contributed by atoms with Crippen LogP contribution in [0, 0.1) is 5.92 Å². The highest BCUT2D eigenvalue weighted by atomic mass is 16.4. The molecule has 12 heteroatoms. The van der Waals surface area contributed by atoms with Crippen molar-refractivity contribution in [3.8, 4) is 5.75 Å². The second-order valence-corrected chi connectivity index (χ2v) is 9.35. The van der Waals surface area contributed by atoms with Gasteiger partial charge in [0.15, 0.2) is 0 Å². The standard InChI is InChI=1S/C24H34N4O8/c1-13(2)10-18(24(35)36)27-21(32)17(11-14-5-7-15(29)8-6-14)26-22(33)19-4-3-9-28(19)23(34)16(25)12-20(30)31/h5-8,13,16-19,29H,3-4,9-12,25H2,1-2H3,(H,26,33)(H,27,32)(H,30,31)(H,35,36). The van der Waals surface area contributed by atoms with Crippen LogP contribution in [0.1, 0.15) is 45.1 Å². The first-order valence-electron chi connectivity index (χ1n) is 11.8. The summed E-state index contributed by atoms with van der Waals surface area (Å²) in [5, 5.41) is 33.1. The summed E-state index contributed by atoms with van der Waals surface area (Å²) < 4.78 is 0. The number of phenols is 1. The van der Waals surface area contributed by atoms with Gasteiger partial charge in [-0.3, -0.25) is 19.2 Å². The number of aromatic hydroxyl groups is 1. The summed E-state index contributed by atoms with van der Waals surface area (Å²) in [6, 6.07) is 1.41. The molecule has 2 rings (SSSR count). The maximum Gasteiger partial charge on any atom is 0.326 e. The van der Waals surface area contributed by atoms with E-state index in [-0.39, 0.29) is 31.1 Å². The van der Waals surface area contributed by atoms with E-state index in [4.69, 9.17) is 10.8 Å². The summed E-state index contributed by atoms with van der Waals surface area (Å²) in [5.41, 5.74) is 6.31. The number of hydrogen-bond donors (Lipinski definition) is 6. The Kier molecular flexibility index (Phi) is 10.2. The Balaban J connectivity index is 2.21. The van der Waals surface area contributed by atoms with E-state index in [1.807, 2.05) is 13.8 Å². The highest BCUT2D eigenvalue weighted by Crippen LogP contribution is 2.20. The molecule has 1 fully saturated rings. The quantitative estimate of drug-likeness (QED) is 0.223. The monoisotopic (exact) mass is 506 g/mol. The third-order valence-electron chi connectivity index (χ3n) is 5.88. The molecule has 0 radical (unpaired) electrons. The van der Waals surface area contributed by atoms with Gasteiger partial charge in [0.1, 0.15) is 23.9 Å². The maximum absolute atomic E-state index is 13.2. The van der Waals surface area contributed by atoms with Crippen LogP contribution in [0.2, 0.25) is 0 Å². The van der Waals surface area contributed by atoms with Crippen molar-refractivity contribution >= 4 is 29.7 Å². The second kappa shape index (κ2) is 12.9. The normalized spacial score (nSPS) is 17.8. The molecular weight excluding hydrogens is 472 g/mol. The van der Waals surface area contributed by atoms with Gasteiger partial charge in [0.05, 0.1) is 12.5 Å². The highest BCUT2D eigenvalue weighted by molar-refractivity contribution is 5.95. The molecule has 0 aromatic heterocycles. The van der Waals surface area contributed by atoms with Crippen LogP contribution in [0.5, 0.6) is 5.75 Å². The Hall–Kier alpha value is -3.67. The Morgan fingerprint density at radius 3 is 2.25 bits per heavy atom. The molecule has 4 atom stereocenters. The molecule has 7 N–H and O–H groups in total. The van der Waals surface area contributed by atoms with Crippen LogP contribution in [-0.2, 0) is 30.4 Å². The van der Waals surface area contributed by atoms with Gasteiger partial charge in [0.25, 0.3) is 0 Å². The largest absolute Gasteiger partial charge is 0.508 e. The van der Waals surface area contributed by atoms with Crippen molar-refractivity contribution in [3.05, 3.63) is 29.8 Å². The second-order valence-electron chi connectivity index (χ2n) is 9.35. The predicted octanol–water partition coefficient (Wildman–Crippen LogP) is -0.172. The minimum Gasteiger partial charge on any atom is -0.508 e. The number of phenolic OH excluding ortho intramolecular Hbond substituents is 1. The number of aliphatic carboxylic acids is 2. The number of nitrogens with one attached hydrogen (secondary N) is 2. The first-order valence-corrected chi connectivity index (χ1v) is 11.8. The van der Waals surface area contributed by atoms with Crippen molar-refractivity contribution in [1.29, 1.82) is 0 Å². The highest BCUT2D eigenvalue weighted by Gasteiger charge is 2.38. The maximum atomic E-state index is 13.2. The zero-order chi connectivity index (χ0) is 27.0.